The van der Waals surface area contributed by atoms with Crippen LogP contribution in [0.25, 0.3) is 0 Å². The van der Waals surface area contributed by atoms with Gasteiger partial charge >= 0.3 is 5.97 Å². The number of hydrogen-bond donors (Lipinski definition) is 1. The van der Waals surface area contributed by atoms with Crippen LogP contribution in [-0.4, -0.2) is 28.6 Å². The lowest BCUT2D eigenvalue weighted by Crippen LogP contribution is -2.51. The number of carbonyl (C=O) groups is 1. The maximum Gasteiger partial charge on any atom is 0.320 e. The molecular formula is C11H11FNO2. The van der Waals surface area contributed by atoms with Gasteiger partial charge in [0.05, 0.1) is 0 Å². The molecule has 1 unspecified atom stereocenters. The average Bonchev–Trinajstić information content (AvgIpc) is 2.11. The summed E-state index contributed by atoms with van der Waals surface area (Å²) in [5, 5.41) is 8.81. The highest BCUT2D eigenvalue weighted by atomic mass is 19.1. The summed E-state index contributed by atoms with van der Waals surface area (Å²) in [5.41, 5.74) is 0.789. The average molecular weight is 208 g/mol. The third-order valence-corrected chi connectivity index (χ3v) is 2.63. The summed E-state index contributed by atoms with van der Waals surface area (Å²) in [6, 6.07) is 6.66. The number of carboxylic acid groups (broad SMARTS) is 1. The molecule has 4 heteroatoms. The first-order valence-corrected chi connectivity index (χ1v) is 4.80. The molecule has 3 nitrogen and oxygen atoms in total. The van der Waals surface area contributed by atoms with E-state index in [2.05, 4.69) is 6.07 Å². The summed E-state index contributed by atoms with van der Waals surface area (Å²) in [6.07, 6.45) is 0.677. The molecule has 1 aliphatic heterocycles. The van der Waals surface area contributed by atoms with Gasteiger partial charge in [-0.15, -0.1) is 0 Å². The van der Waals surface area contributed by atoms with E-state index in [4.69, 9.17) is 5.11 Å². The van der Waals surface area contributed by atoms with Crippen LogP contribution < -0.4 is 0 Å². The van der Waals surface area contributed by atoms with Crippen LogP contribution in [0.1, 0.15) is 12.0 Å². The van der Waals surface area contributed by atoms with Crippen molar-refractivity contribution in [1.29, 1.82) is 0 Å². The second-order valence-corrected chi connectivity index (χ2v) is 3.66. The SMILES string of the molecule is O=C(O)C1CCN1Cc1cc[c]c(F)c1. The van der Waals surface area contributed by atoms with Crippen molar-refractivity contribution in [2.75, 3.05) is 6.54 Å². The number of rotatable bonds is 3. The summed E-state index contributed by atoms with van der Waals surface area (Å²) in [6.45, 7) is 1.25. The van der Waals surface area contributed by atoms with E-state index in [0.717, 1.165) is 12.1 Å². The summed E-state index contributed by atoms with van der Waals surface area (Å²) in [7, 11) is 0. The summed E-state index contributed by atoms with van der Waals surface area (Å²) >= 11 is 0. The smallest absolute Gasteiger partial charge is 0.320 e. The van der Waals surface area contributed by atoms with E-state index in [0.29, 0.717) is 13.0 Å². The van der Waals surface area contributed by atoms with Gasteiger partial charge < -0.3 is 5.11 Å². The van der Waals surface area contributed by atoms with Gasteiger partial charge in [0.25, 0.3) is 0 Å². The fourth-order valence-corrected chi connectivity index (χ4v) is 1.72. The maximum absolute atomic E-state index is 12.8. The fraction of sp³-hybridized carbons (Fsp3) is 0.364. The van der Waals surface area contributed by atoms with Gasteiger partial charge in [-0.1, -0.05) is 12.1 Å². The Kier molecular flexibility index (Phi) is 2.68. The van der Waals surface area contributed by atoms with Crippen molar-refractivity contribution in [2.45, 2.75) is 19.0 Å². The normalized spacial score (nSPS) is 21.0. The second kappa shape index (κ2) is 3.98. The van der Waals surface area contributed by atoms with Gasteiger partial charge in [-0.25, -0.2) is 4.39 Å². The van der Waals surface area contributed by atoms with Crippen molar-refractivity contribution in [1.82, 2.24) is 4.90 Å². The van der Waals surface area contributed by atoms with Gasteiger partial charge in [0.15, 0.2) is 0 Å². The molecule has 1 aliphatic rings. The molecule has 0 saturated carbocycles. The zero-order valence-corrected chi connectivity index (χ0v) is 8.11. The van der Waals surface area contributed by atoms with Gasteiger partial charge in [-0.05, 0) is 18.1 Å². The summed E-state index contributed by atoms with van der Waals surface area (Å²) < 4.78 is 12.8. The van der Waals surface area contributed by atoms with Crippen molar-refractivity contribution in [3.8, 4) is 0 Å². The van der Waals surface area contributed by atoms with Crippen molar-refractivity contribution in [2.24, 2.45) is 0 Å². The minimum absolute atomic E-state index is 0.403. The van der Waals surface area contributed by atoms with Gasteiger partial charge in [0.1, 0.15) is 11.9 Å². The molecule has 1 N–H and O–H groups in total. The predicted octanol–water partition coefficient (Wildman–Crippen LogP) is 1.28. The molecule has 2 rings (SSSR count). The quantitative estimate of drug-likeness (QED) is 0.813. The van der Waals surface area contributed by atoms with E-state index in [-0.39, 0.29) is 0 Å². The Bertz CT molecular complexity index is 381. The van der Waals surface area contributed by atoms with Crippen molar-refractivity contribution in [3.63, 3.8) is 0 Å². The van der Waals surface area contributed by atoms with Gasteiger partial charge in [-0.2, -0.15) is 0 Å². The topological polar surface area (TPSA) is 40.5 Å². The molecule has 0 amide bonds. The number of benzene rings is 1. The lowest BCUT2D eigenvalue weighted by molar-refractivity contribution is -0.148. The van der Waals surface area contributed by atoms with Gasteiger partial charge in [0.2, 0.25) is 0 Å². The molecule has 1 aromatic carbocycles. The lowest BCUT2D eigenvalue weighted by atomic mass is 10.0. The van der Waals surface area contributed by atoms with E-state index >= 15 is 0 Å². The van der Waals surface area contributed by atoms with Crippen LogP contribution in [0.5, 0.6) is 0 Å². The van der Waals surface area contributed by atoms with E-state index < -0.39 is 17.8 Å². The molecule has 0 bridgehead atoms. The third kappa shape index (κ3) is 2.15. The van der Waals surface area contributed by atoms with Crippen LogP contribution in [0.2, 0.25) is 0 Å². The predicted molar refractivity (Wildman–Crippen MR) is 51.7 cm³/mol. The highest BCUT2D eigenvalue weighted by Crippen LogP contribution is 2.20. The summed E-state index contributed by atoms with van der Waals surface area (Å²) in [4.78, 5) is 12.5. The Morgan fingerprint density at radius 2 is 2.53 bits per heavy atom. The lowest BCUT2D eigenvalue weighted by Gasteiger charge is -2.37. The zero-order chi connectivity index (χ0) is 10.8. The number of hydrogen-bond acceptors (Lipinski definition) is 2. The van der Waals surface area contributed by atoms with Gasteiger partial charge in [0, 0.05) is 19.2 Å². The van der Waals surface area contributed by atoms with Crippen molar-refractivity contribution < 1.29 is 14.3 Å². The van der Waals surface area contributed by atoms with Crippen LogP contribution in [0.4, 0.5) is 4.39 Å². The first-order chi connectivity index (χ1) is 7.16. The van der Waals surface area contributed by atoms with Crippen molar-refractivity contribution in [3.05, 3.63) is 35.6 Å². The Morgan fingerprint density at radius 1 is 1.73 bits per heavy atom. The molecule has 1 heterocycles. The van der Waals surface area contributed by atoms with Crippen LogP contribution in [0.15, 0.2) is 18.2 Å². The number of likely N-dealkylation sites (tertiary alicyclic amines) is 1. The minimum atomic E-state index is -0.802. The Morgan fingerprint density at radius 3 is 3.07 bits per heavy atom. The monoisotopic (exact) mass is 208 g/mol. The molecule has 1 atom stereocenters. The molecule has 0 aliphatic carbocycles. The van der Waals surface area contributed by atoms with E-state index in [9.17, 15) is 9.18 Å². The molecule has 0 spiro atoms. The van der Waals surface area contributed by atoms with Crippen LogP contribution in [0.3, 0.4) is 0 Å². The van der Waals surface area contributed by atoms with Gasteiger partial charge in [-0.3, -0.25) is 9.69 Å². The van der Waals surface area contributed by atoms with Crippen molar-refractivity contribution >= 4 is 5.97 Å². The molecule has 1 aromatic rings. The van der Waals surface area contributed by atoms with Crippen LogP contribution in [0, 0.1) is 11.9 Å². The maximum atomic E-state index is 12.8. The Hall–Kier alpha value is -1.42. The summed E-state index contributed by atoms with van der Waals surface area (Å²) in [5.74, 6) is -1.20. The molecule has 1 saturated heterocycles. The fourth-order valence-electron chi connectivity index (χ4n) is 1.72. The van der Waals surface area contributed by atoms with E-state index in [1.165, 1.54) is 12.1 Å². The molecule has 1 radical (unpaired) electrons. The number of halogens is 1. The number of nitrogens with zero attached hydrogens (tertiary/aromatic N) is 1. The molecular weight excluding hydrogens is 197 g/mol. The molecule has 15 heavy (non-hydrogen) atoms. The van der Waals surface area contributed by atoms with Crippen LogP contribution in [-0.2, 0) is 11.3 Å². The van der Waals surface area contributed by atoms with E-state index in [1.807, 2.05) is 4.90 Å². The third-order valence-electron chi connectivity index (χ3n) is 2.63. The van der Waals surface area contributed by atoms with E-state index in [1.54, 1.807) is 6.07 Å². The first-order valence-electron chi connectivity index (χ1n) is 4.80. The highest BCUT2D eigenvalue weighted by molar-refractivity contribution is 5.74. The molecule has 0 aromatic heterocycles. The Balaban J connectivity index is 2.00. The number of aliphatic carboxylic acids is 1. The second-order valence-electron chi connectivity index (χ2n) is 3.66. The highest BCUT2D eigenvalue weighted by Gasteiger charge is 2.33. The van der Waals surface area contributed by atoms with Crippen LogP contribution >= 0.6 is 0 Å². The largest absolute Gasteiger partial charge is 0.480 e. The number of carboxylic acids is 1. The molecule has 1 fully saturated rings. The minimum Gasteiger partial charge on any atom is -0.480 e. The first kappa shape index (κ1) is 10.1. The Labute approximate surface area is 87.1 Å². The zero-order valence-electron chi connectivity index (χ0n) is 8.11. The molecule has 79 valence electrons. The standard InChI is InChI=1S/C11H11FNO2/c12-9-3-1-2-8(6-9)7-13-5-4-10(13)11(14)15/h1-2,6,10H,4-5,7H2,(H,14,15).